The van der Waals surface area contributed by atoms with Gasteiger partial charge in [-0.25, -0.2) is 0 Å². The summed E-state index contributed by atoms with van der Waals surface area (Å²) in [7, 11) is 0. The first-order valence-corrected chi connectivity index (χ1v) is 7.74. The third kappa shape index (κ3) is 4.03. The number of nitrogens with one attached hydrogen (secondary N) is 2. The van der Waals surface area contributed by atoms with Crippen molar-refractivity contribution in [2.45, 2.75) is 19.5 Å². The third-order valence-corrected chi connectivity index (χ3v) is 4.03. The second-order valence-corrected chi connectivity index (χ2v) is 5.62. The van der Waals surface area contributed by atoms with E-state index < -0.39 is 0 Å². The van der Waals surface area contributed by atoms with E-state index in [0.717, 1.165) is 17.2 Å². The lowest BCUT2D eigenvalue weighted by Gasteiger charge is -2.11. The van der Waals surface area contributed by atoms with Crippen LogP contribution < -0.4 is 15.4 Å². The summed E-state index contributed by atoms with van der Waals surface area (Å²) in [6, 6.07) is 5.48. The van der Waals surface area contributed by atoms with Crippen LogP contribution in [0.5, 0.6) is 5.75 Å². The molecule has 2 N–H and O–H groups in total. The minimum Gasteiger partial charge on any atom is -0.492 e. The Balaban J connectivity index is 1.88. The Kier molecular flexibility index (Phi) is 5.36. The van der Waals surface area contributed by atoms with Crippen LogP contribution >= 0.6 is 23.4 Å². The number of ether oxygens (including phenoxy) is 1. The molecule has 1 saturated heterocycles. The number of carbonyl (C=O) groups is 1. The van der Waals surface area contributed by atoms with E-state index in [9.17, 15) is 4.79 Å². The summed E-state index contributed by atoms with van der Waals surface area (Å²) in [5.41, 5.74) is 0.965. The molecule has 0 aliphatic carbocycles. The number of rotatable bonds is 5. The van der Waals surface area contributed by atoms with E-state index in [1.54, 1.807) is 11.8 Å². The molecule has 1 fully saturated rings. The van der Waals surface area contributed by atoms with Crippen LogP contribution in [0.25, 0.3) is 0 Å². The smallest absolute Gasteiger partial charge is 0.238 e. The normalized spacial score (nSPS) is 18.3. The number of thioether (sulfide) groups is 1. The fourth-order valence-electron chi connectivity index (χ4n) is 1.80. The van der Waals surface area contributed by atoms with Crippen LogP contribution in [0.3, 0.4) is 0 Å². The SMILES string of the molecule is CCOc1ccc(CNC(=O)C2CSCN2)cc1Cl. The van der Waals surface area contributed by atoms with Crippen molar-refractivity contribution >= 4 is 29.3 Å². The van der Waals surface area contributed by atoms with E-state index in [2.05, 4.69) is 10.6 Å². The summed E-state index contributed by atoms with van der Waals surface area (Å²) in [4.78, 5) is 11.8. The second-order valence-electron chi connectivity index (χ2n) is 4.19. The topological polar surface area (TPSA) is 50.4 Å². The van der Waals surface area contributed by atoms with Crippen molar-refractivity contribution in [3.05, 3.63) is 28.8 Å². The number of hydrogen-bond acceptors (Lipinski definition) is 4. The summed E-state index contributed by atoms with van der Waals surface area (Å²) >= 11 is 7.83. The van der Waals surface area contributed by atoms with Crippen LogP contribution in [0, 0.1) is 0 Å². The molecule has 0 saturated carbocycles. The molecule has 104 valence electrons. The van der Waals surface area contributed by atoms with Crippen LogP contribution in [0.1, 0.15) is 12.5 Å². The Morgan fingerprint density at radius 3 is 3.11 bits per heavy atom. The maximum absolute atomic E-state index is 11.8. The van der Waals surface area contributed by atoms with E-state index in [1.165, 1.54) is 0 Å². The second kappa shape index (κ2) is 7.03. The highest BCUT2D eigenvalue weighted by Crippen LogP contribution is 2.25. The maximum Gasteiger partial charge on any atom is 0.238 e. The van der Waals surface area contributed by atoms with Gasteiger partial charge in [-0.05, 0) is 24.6 Å². The van der Waals surface area contributed by atoms with E-state index in [4.69, 9.17) is 16.3 Å². The molecule has 1 aromatic rings. The first-order chi connectivity index (χ1) is 9.20. The quantitative estimate of drug-likeness (QED) is 0.873. The third-order valence-electron chi connectivity index (χ3n) is 2.80. The Morgan fingerprint density at radius 2 is 2.47 bits per heavy atom. The maximum atomic E-state index is 11.8. The molecule has 1 aliphatic rings. The number of carbonyl (C=O) groups excluding carboxylic acids is 1. The summed E-state index contributed by atoms with van der Waals surface area (Å²) in [5, 5.41) is 6.61. The van der Waals surface area contributed by atoms with Crippen molar-refractivity contribution in [1.82, 2.24) is 10.6 Å². The van der Waals surface area contributed by atoms with Crippen LogP contribution in [0.15, 0.2) is 18.2 Å². The van der Waals surface area contributed by atoms with Gasteiger partial charge in [0, 0.05) is 18.2 Å². The molecular formula is C13H17ClN2O2S. The van der Waals surface area contributed by atoms with Crippen molar-refractivity contribution < 1.29 is 9.53 Å². The zero-order valence-corrected chi connectivity index (χ0v) is 12.3. The standard InChI is InChI=1S/C13H17ClN2O2S/c1-2-18-12-4-3-9(5-10(12)14)6-15-13(17)11-7-19-8-16-11/h3-5,11,16H,2,6-8H2,1H3,(H,15,17). The molecule has 1 heterocycles. The molecule has 0 bridgehead atoms. The minimum absolute atomic E-state index is 0.0370. The fourth-order valence-corrected chi connectivity index (χ4v) is 3.00. The van der Waals surface area contributed by atoms with E-state index in [0.29, 0.717) is 23.9 Å². The molecule has 0 aromatic heterocycles. The molecule has 4 nitrogen and oxygen atoms in total. The molecule has 2 rings (SSSR count). The van der Waals surface area contributed by atoms with E-state index in [1.807, 2.05) is 25.1 Å². The van der Waals surface area contributed by atoms with Gasteiger partial charge in [0.15, 0.2) is 0 Å². The van der Waals surface area contributed by atoms with Crippen molar-refractivity contribution in [1.29, 1.82) is 0 Å². The zero-order valence-electron chi connectivity index (χ0n) is 10.7. The van der Waals surface area contributed by atoms with Gasteiger partial charge < -0.3 is 10.1 Å². The van der Waals surface area contributed by atoms with Crippen molar-refractivity contribution in [3.63, 3.8) is 0 Å². The molecule has 19 heavy (non-hydrogen) atoms. The molecule has 1 aromatic carbocycles. The van der Waals surface area contributed by atoms with Crippen LogP contribution in [0.4, 0.5) is 0 Å². The first-order valence-electron chi connectivity index (χ1n) is 6.20. The number of halogens is 1. The van der Waals surface area contributed by atoms with Crippen molar-refractivity contribution in [2.75, 3.05) is 18.2 Å². The highest BCUT2D eigenvalue weighted by Gasteiger charge is 2.21. The van der Waals surface area contributed by atoms with Gasteiger partial charge in [-0.3, -0.25) is 10.1 Å². The van der Waals surface area contributed by atoms with Gasteiger partial charge in [-0.2, -0.15) is 0 Å². The predicted octanol–water partition coefficient (Wildman–Crippen LogP) is 2.02. The highest BCUT2D eigenvalue weighted by molar-refractivity contribution is 7.99. The fraction of sp³-hybridized carbons (Fsp3) is 0.462. The molecular weight excluding hydrogens is 284 g/mol. The lowest BCUT2D eigenvalue weighted by atomic mass is 10.2. The molecule has 1 atom stereocenters. The highest BCUT2D eigenvalue weighted by atomic mass is 35.5. The van der Waals surface area contributed by atoms with E-state index in [-0.39, 0.29) is 11.9 Å². The average molecular weight is 301 g/mol. The molecule has 1 aliphatic heterocycles. The summed E-state index contributed by atoms with van der Waals surface area (Å²) in [5.74, 6) is 2.38. The number of benzene rings is 1. The van der Waals surface area contributed by atoms with Crippen molar-refractivity contribution in [2.24, 2.45) is 0 Å². The van der Waals surface area contributed by atoms with Crippen LogP contribution in [-0.4, -0.2) is 30.2 Å². The Hall–Kier alpha value is -0.910. The van der Waals surface area contributed by atoms with Gasteiger partial charge in [0.05, 0.1) is 17.7 Å². The first kappa shape index (κ1) is 14.5. The molecule has 1 unspecified atom stereocenters. The lowest BCUT2D eigenvalue weighted by molar-refractivity contribution is -0.122. The Labute approximate surface area is 122 Å². The zero-order chi connectivity index (χ0) is 13.7. The van der Waals surface area contributed by atoms with Gasteiger partial charge >= 0.3 is 0 Å². The largest absolute Gasteiger partial charge is 0.492 e. The van der Waals surface area contributed by atoms with Gasteiger partial charge in [0.2, 0.25) is 5.91 Å². The average Bonchev–Trinajstić information content (AvgIpc) is 2.93. The van der Waals surface area contributed by atoms with Crippen LogP contribution in [0.2, 0.25) is 5.02 Å². The Bertz CT molecular complexity index is 450. The summed E-state index contributed by atoms with van der Waals surface area (Å²) < 4.78 is 5.37. The van der Waals surface area contributed by atoms with Crippen molar-refractivity contribution in [3.8, 4) is 5.75 Å². The molecule has 0 radical (unpaired) electrons. The lowest BCUT2D eigenvalue weighted by Crippen LogP contribution is -2.41. The summed E-state index contributed by atoms with van der Waals surface area (Å²) in [6.07, 6.45) is 0. The number of hydrogen-bond donors (Lipinski definition) is 2. The monoisotopic (exact) mass is 300 g/mol. The van der Waals surface area contributed by atoms with Gasteiger partial charge in [-0.1, -0.05) is 17.7 Å². The molecule has 6 heteroatoms. The predicted molar refractivity (Wildman–Crippen MR) is 78.7 cm³/mol. The number of amides is 1. The van der Waals surface area contributed by atoms with Gasteiger partial charge in [0.1, 0.15) is 5.75 Å². The van der Waals surface area contributed by atoms with Gasteiger partial charge in [-0.15, -0.1) is 11.8 Å². The Morgan fingerprint density at radius 1 is 1.63 bits per heavy atom. The molecule has 0 spiro atoms. The minimum atomic E-state index is -0.0804. The van der Waals surface area contributed by atoms with Gasteiger partial charge in [0.25, 0.3) is 0 Å². The summed E-state index contributed by atoms with van der Waals surface area (Å²) in [6.45, 7) is 2.98. The molecule has 1 amide bonds. The van der Waals surface area contributed by atoms with Crippen LogP contribution in [-0.2, 0) is 11.3 Å². The van der Waals surface area contributed by atoms with E-state index >= 15 is 0 Å².